The molecule has 0 spiro atoms. The predicted molar refractivity (Wildman–Crippen MR) is 515 cm³/mol. The van der Waals surface area contributed by atoms with Crippen LogP contribution in [0.5, 0.6) is 0 Å². The van der Waals surface area contributed by atoms with Gasteiger partial charge in [-0.25, -0.2) is 0 Å². The summed E-state index contributed by atoms with van der Waals surface area (Å²) < 4.78 is 0. The van der Waals surface area contributed by atoms with E-state index in [9.17, 15) is 0 Å². The van der Waals surface area contributed by atoms with Crippen LogP contribution in [0.1, 0.15) is 51.4 Å². The molecule has 0 rings (SSSR count). The molecule has 0 fully saturated rings. The minimum absolute atomic E-state index is 0.871. The van der Waals surface area contributed by atoms with Gasteiger partial charge in [0.1, 0.15) is 0 Å². The number of hydrogen-bond acceptors (Lipinski definition) is 17. The van der Waals surface area contributed by atoms with Crippen LogP contribution in [0.15, 0.2) is 0 Å². The first-order valence-corrected chi connectivity index (χ1v) is 72.2. The molecule has 608 valence electrons. The summed E-state index contributed by atoms with van der Waals surface area (Å²) in [5.74, 6) is 21.4. The Morgan fingerprint density at radius 2 is 0.287 bits per heavy atom. The molecule has 9 nitrogen and oxygen atoms in total. The summed E-state index contributed by atoms with van der Waals surface area (Å²) in [5, 5.41) is 0. The topological polar surface area (TPSA) is 51.9 Å². The van der Waals surface area contributed by atoms with E-state index in [4.69, 9.17) is 5.73 Å². The Labute approximate surface area is 677 Å². The van der Waals surface area contributed by atoms with Gasteiger partial charge in [0.05, 0.1) is 56.5 Å². The van der Waals surface area contributed by atoms with Crippen LogP contribution in [0, 0.1) is 0 Å². The van der Waals surface area contributed by atoms with Crippen molar-refractivity contribution in [3.8, 4) is 0 Å². The summed E-state index contributed by atoms with van der Waals surface area (Å²) in [4.78, 5) is 19.1. The number of hydrogen-bond donors (Lipinski definition) is 1. The maximum atomic E-state index is 6.40. The zero-order chi connectivity index (χ0) is 76.0. The third kappa shape index (κ3) is 64.0. The number of thioether (sulfide) groups is 8. The fourth-order valence-corrected chi connectivity index (χ4v) is 61.1. The smallest absolute Gasteiger partial charge is 0.0520 e. The van der Waals surface area contributed by atoms with Crippen LogP contribution >= 0.6 is 94.1 Å². The highest BCUT2D eigenvalue weighted by atomic mass is 32.2. The fourth-order valence-electron chi connectivity index (χ4n) is 14.3. The summed E-state index contributed by atoms with van der Waals surface area (Å²) in [6.45, 7) is 30.9. The normalized spacial score (nSPS) is 13.5. The maximum Gasteiger partial charge on any atom is 0.0520 e. The molecule has 0 aromatic rings. The number of unbranched alkanes of at least 4 members (excludes halogenated alkanes) is 1. The van der Waals surface area contributed by atoms with E-state index in [0.29, 0.717) is 0 Å². The third-order valence-electron chi connectivity index (χ3n) is 22.9. The summed E-state index contributed by atoms with van der Waals surface area (Å²) in [6, 6.07) is 32.8. The lowest BCUT2D eigenvalue weighted by atomic mass is 10.3. The Hall–Kier alpha value is 3.96. The van der Waals surface area contributed by atoms with Crippen LogP contribution in [0.2, 0.25) is 173 Å². The molecule has 0 bridgehead atoms. The molecule has 0 aliphatic carbocycles. The average molecular weight is 1680 g/mol. The lowest BCUT2D eigenvalue weighted by Gasteiger charge is -2.36. The van der Waals surface area contributed by atoms with E-state index in [1.807, 2.05) is 0 Å². The minimum Gasteiger partial charge on any atom is -0.330 e. The molecule has 0 amide bonds. The monoisotopic (exact) mass is 1680 g/mol. The molecule has 0 saturated heterocycles. The zero-order valence-corrected chi connectivity index (χ0v) is 85.6. The summed E-state index contributed by atoms with van der Waals surface area (Å²) >= 11 is 18.1. The molecule has 0 heterocycles. The average Bonchev–Trinajstić information content (AvgIpc) is 0.871. The van der Waals surface area contributed by atoms with Crippen LogP contribution in [0.3, 0.4) is 0 Å². The Balaban J connectivity index is 7.25. The second-order valence-electron chi connectivity index (χ2n) is 36.4. The second-order valence-corrected chi connectivity index (χ2v) is 82.0. The van der Waals surface area contributed by atoms with Crippen molar-refractivity contribution in [3.05, 3.63) is 0 Å². The van der Waals surface area contributed by atoms with Gasteiger partial charge >= 0.3 is 0 Å². The molecule has 0 aromatic carbocycles. The Bertz CT molecular complexity index is 1580. The Kier molecular flexibility index (Phi) is 65.8. The van der Waals surface area contributed by atoms with E-state index >= 15 is 0 Å². The van der Waals surface area contributed by atoms with Gasteiger partial charge in [-0.05, 0) is 220 Å². The van der Waals surface area contributed by atoms with Crippen LogP contribution in [0.4, 0.5) is 0 Å². The van der Waals surface area contributed by atoms with Gasteiger partial charge in [-0.1, -0.05) is 169 Å². The van der Waals surface area contributed by atoms with E-state index in [1.165, 1.54) is 250 Å². The van der Waals surface area contributed by atoms with E-state index in [0.717, 1.165) is 6.54 Å². The molecule has 0 aliphatic heterocycles. The first kappa shape index (κ1) is 105. The van der Waals surface area contributed by atoms with E-state index in [2.05, 4.69) is 292 Å². The number of rotatable bonds is 76. The van der Waals surface area contributed by atoms with Gasteiger partial charge in [-0.2, -0.15) is 94.1 Å². The molecule has 0 unspecified atom stereocenters. The summed E-state index contributed by atoms with van der Waals surface area (Å²) in [6.07, 6.45) is 11.8. The Morgan fingerprint density at radius 3 is 0.406 bits per heavy atom. The molecule has 0 aromatic heterocycles. The molecule has 0 aliphatic rings. The van der Waals surface area contributed by atoms with Crippen LogP contribution in [-0.2, 0) is 0 Å². The van der Waals surface area contributed by atoms with Crippen molar-refractivity contribution in [1.82, 2.24) is 39.2 Å². The molecular weight excluding hydrogens is 1500 g/mol. The van der Waals surface area contributed by atoms with Crippen molar-refractivity contribution in [2.24, 2.45) is 5.73 Å². The molecule has 0 radical (unpaired) electrons. The third-order valence-corrected chi connectivity index (χ3v) is 65.4. The molecule has 0 atom stereocenters. The van der Waals surface area contributed by atoms with Crippen LogP contribution in [-0.4, -0.2) is 359 Å². The van der Waals surface area contributed by atoms with Crippen LogP contribution < -0.4 is 5.73 Å². The van der Waals surface area contributed by atoms with Gasteiger partial charge in [0.25, 0.3) is 0 Å². The standard InChI is InChI=1S/C77H179N9S8Si7/c1-79(2)33-41-87-49-70-98(20,71-50-88-42-34-80(3)4)66-28-62-96(18,63-29-67-99(21,72-51-89-43-35-81(5)6)73-52-90-44-36-82(7)8)60-26-58-95(17,57-25-24-32-78)59-27-61-97(19,64-30-68-100(22,74-53-91-45-37-83(9)10)75-54-92-46-38-84(11)12)65-31-69-101(23,76-55-93-47-39-85(13)14)77-56-94-48-40-86(15)16/h24-78H2,1-23H3. The van der Waals surface area contributed by atoms with Crippen molar-refractivity contribution in [3.63, 3.8) is 0 Å². The highest BCUT2D eigenvalue weighted by Crippen LogP contribution is 2.41. The minimum atomic E-state index is -1.50. The summed E-state index contributed by atoms with van der Waals surface area (Å²) in [5.41, 5.74) is 6.40. The van der Waals surface area contributed by atoms with Gasteiger partial charge in [0, 0.05) is 98.4 Å². The second kappa shape index (κ2) is 63.3. The lowest BCUT2D eigenvalue weighted by Crippen LogP contribution is -2.37. The number of nitrogens with two attached hydrogens (primary N) is 1. The Morgan fingerprint density at radius 1 is 0.168 bits per heavy atom. The van der Waals surface area contributed by atoms with E-state index in [1.54, 1.807) is 72.5 Å². The first-order valence-electron chi connectivity index (χ1n) is 41.1. The van der Waals surface area contributed by atoms with Crippen molar-refractivity contribution in [2.45, 2.75) is 224 Å². The lowest BCUT2D eigenvalue weighted by molar-refractivity contribution is 0.437. The summed E-state index contributed by atoms with van der Waals surface area (Å²) in [7, 11) is 26.0. The largest absolute Gasteiger partial charge is 0.330 e. The van der Waals surface area contributed by atoms with Crippen LogP contribution in [0.25, 0.3) is 0 Å². The van der Waals surface area contributed by atoms with Crippen molar-refractivity contribution in [2.75, 3.05) is 264 Å². The van der Waals surface area contributed by atoms with Gasteiger partial charge in [0.2, 0.25) is 0 Å². The molecule has 101 heavy (non-hydrogen) atoms. The molecular formula is C77H179N9S8Si7. The highest BCUT2D eigenvalue weighted by molar-refractivity contribution is 8.01. The maximum absolute atomic E-state index is 6.40. The van der Waals surface area contributed by atoms with Crippen molar-refractivity contribution >= 4 is 151 Å². The molecule has 24 heteroatoms. The van der Waals surface area contributed by atoms with Gasteiger partial charge in [0.15, 0.2) is 0 Å². The molecule has 0 saturated carbocycles. The van der Waals surface area contributed by atoms with Crippen molar-refractivity contribution < 1.29 is 0 Å². The predicted octanol–water partition coefficient (Wildman–Crippen LogP) is 20.0. The van der Waals surface area contributed by atoms with Gasteiger partial charge in [-0.15, -0.1) is 0 Å². The van der Waals surface area contributed by atoms with E-state index < -0.39 is 56.5 Å². The quantitative estimate of drug-likeness (QED) is 0.0464. The van der Waals surface area contributed by atoms with Gasteiger partial charge in [-0.3, -0.25) is 0 Å². The van der Waals surface area contributed by atoms with Gasteiger partial charge < -0.3 is 44.9 Å². The molecule has 2 N–H and O–H groups in total. The highest BCUT2D eigenvalue weighted by Gasteiger charge is 2.37. The number of nitrogens with zero attached hydrogens (tertiary/aromatic N) is 8. The first-order chi connectivity index (χ1) is 47.6. The van der Waals surface area contributed by atoms with Crippen molar-refractivity contribution in [1.29, 1.82) is 0 Å². The zero-order valence-electron chi connectivity index (χ0n) is 72.1. The fraction of sp³-hybridized carbons (Fsp3) is 1.00. The van der Waals surface area contributed by atoms with E-state index in [-0.39, 0.29) is 0 Å². The SMILES string of the molecule is CN(C)CCSCC[Si](C)(CCC[Si](C)(CCC[Si](C)(CCCCN)CCC[Si](C)(CCC[Si](C)(CCSCCN(C)C)CCSCCN(C)C)CCC[Si](C)(CCSCCN(C)C)CCSCCN(C)C)CCC[Si](C)(CCSCCN(C)C)CCSCCN(C)C)CCSCCN(C)C.